The summed E-state index contributed by atoms with van der Waals surface area (Å²) in [5, 5.41) is 14.8. The summed E-state index contributed by atoms with van der Waals surface area (Å²) in [5.41, 5.74) is 4.98. The molecule has 3 aromatic rings. The SMILES string of the molecule is O=C(Cc1ccc(Br)cc1)N/N=C\c1cc(Br)c(OCc2ccc([N+](=O)[O-])cc2)c(Br)c1. The number of amides is 1. The van der Waals surface area contributed by atoms with Gasteiger partial charge in [-0.05, 0) is 84.9 Å². The van der Waals surface area contributed by atoms with Crippen LogP contribution in [0.1, 0.15) is 16.7 Å². The quantitative estimate of drug-likeness (QED) is 0.184. The highest BCUT2D eigenvalue weighted by Gasteiger charge is 2.10. The lowest BCUT2D eigenvalue weighted by atomic mass is 10.1. The Morgan fingerprint density at radius 2 is 1.59 bits per heavy atom. The van der Waals surface area contributed by atoms with Crippen molar-refractivity contribution in [3.63, 3.8) is 0 Å². The van der Waals surface area contributed by atoms with E-state index in [-0.39, 0.29) is 24.6 Å². The van der Waals surface area contributed by atoms with Gasteiger partial charge in [0, 0.05) is 16.6 Å². The lowest BCUT2D eigenvalue weighted by Crippen LogP contribution is -2.19. The summed E-state index contributed by atoms with van der Waals surface area (Å²) in [6.45, 7) is 0.245. The van der Waals surface area contributed by atoms with Crippen LogP contribution in [0.2, 0.25) is 0 Å². The minimum Gasteiger partial charge on any atom is -0.487 e. The molecule has 0 saturated carbocycles. The van der Waals surface area contributed by atoms with Gasteiger partial charge in [-0.2, -0.15) is 5.10 Å². The van der Waals surface area contributed by atoms with Crippen LogP contribution in [0, 0.1) is 10.1 Å². The summed E-state index contributed by atoms with van der Waals surface area (Å²) >= 11 is 10.3. The smallest absolute Gasteiger partial charge is 0.269 e. The molecule has 0 heterocycles. The van der Waals surface area contributed by atoms with Crippen LogP contribution in [0.25, 0.3) is 0 Å². The number of hydrogen-bond acceptors (Lipinski definition) is 5. The second-order valence-electron chi connectivity index (χ2n) is 6.62. The Morgan fingerprint density at radius 1 is 1.00 bits per heavy atom. The number of hydrogen-bond donors (Lipinski definition) is 1. The number of nitrogens with one attached hydrogen (secondary N) is 1. The summed E-state index contributed by atoms with van der Waals surface area (Å²) in [7, 11) is 0. The van der Waals surface area contributed by atoms with E-state index in [0.717, 1.165) is 21.2 Å². The summed E-state index contributed by atoms with van der Waals surface area (Å²) in [4.78, 5) is 22.3. The van der Waals surface area contributed by atoms with E-state index >= 15 is 0 Å². The molecule has 0 unspecified atom stereocenters. The molecule has 3 rings (SSSR count). The van der Waals surface area contributed by atoms with Gasteiger partial charge in [-0.3, -0.25) is 14.9 Å². The van der Waals surface area contributed by atoms with Gasteiger partial charge in [0.25, 0.3) is 5.69 Å². The van der Waals surface area contributed by atoms with E-state index in [9.17, 15) is 14.9 Å². The summed E-state index contributed by atoms with van der Waals surface area (Å²) in [6, 6.07) is 17.3. The van der Waals surface area contributed by atoms with Gasteiger partial charge in [0.2, 0.25) is 5.91 Å². The van der Waals surface area contributed by atoms with Gasteiger partial charge in [-0.15, -0.1) is 0 Å². The topological polar surface area (TPSA) is 93.8 Å². The number of non-ortho nitro benzene ring substituents is 1. The first-order chi connectivity index (χ1) is 15.3. The molecule has 0 radical (unpaired) electrons. The highest BCUT2D eigenvalue weighted by Crippen LogP contribution is 2.35. The fourth-order valence-electron chi connectivity index (χ4n) is 2.67. The number of nitro benzene ring substituents is 1. The zero-order valence-corrected chi connectivity index (χ0v) is 21.2. The Labute approximate surface area is 209 Å². The molecule has 0 bridgehead atoms. The molecule has 32 heavy (non-hydrogen) atoms. The van der Waals surface area contributed by atoms with Gasteiger partial charge in [-0.1, -0.05) is 28.1 Å². The van der Waals surface area contributed by atoms with E-state index in [4.69, 9.17) is 4.74 Å². The van der Waals surface area contributed by atoms with Crippen molar-refractivity contribution in [3.05, 3.63) is 101 Å². The second kappa shape index (κ2) is 11.3. The predicted octanol–water partition coefficient (Wildman–Crippen LogP) is 6.15. The number of carbonyl (C=O) groups excluding carboxylic acids is 1. The molecule has 0 spiro atoms. The van der Waals surface area contributed by atoms with E-state index in [1.807, 2.05) is 24.3 Å². The number of halogens is 3. The predicted molar refractivity (Wildman–Crippen MR) is 133 cm³/mol. The maximum Gasteiger partial charge on any atom is 0.269 e. The first-order valence-corrected chi connectivity index (χ1v) is 11.6. The van der Waals surface area contributed by atoms with Crippen molar-refractivity contribution in [1.29, 1.82) is 0 Å². The molecule has 1 amide bonds. The zero-order valence-electron chi connectivity index (χ0n) is 16.4. The van der Waals surface area contributed by atoms with Crippen molar-refractivity contribution in [3.8, 4) is 5.75 Å². The van der Waals surface area contributed by atoms with Crippen LogP contribution in [-0.2, 0) is 17.8 Å². The minimum absolute atomic E-state index is 0.0312. The third-order valence-corrected chi connectivity index (χ3v) is 5.94. The Morgan fingerprint density at radius 3 is 2.19 bits per heavy atom. The van der Waals surface area contributed by atoms with Crippen molar-refractivity contribution in [2.24, 2.45) is 5.10 Å². The van der Waals surface area contributed by atoms with Crippen LogP contribution in [0.3, 0.4) is 0 Å². The summed E-state index contributed by atoms with van der Waals surface area (Å²) in [6.07, 6.45) is 1.77. The van der Waals surface area contributed by atoms with Crippen LogP contribution < -0.4 is 10.2 Å². The molecule has 0 aliphatic rings. The van der Waals surface area contributed by atoms with E-state index < -0.39 is 4.92 Å². The lowest BCUT2D eigenvalue weighted by Gasteiger charge is -2.11. The van der Waals surface area contributed by atoms with Crippen molar-refractivity contribution in [2.45, 2.75) is 13.0 Å². The number of nitrogens with zero attached hydrogens (tertiary/aromatic N) is 2. The first-order valence-electron chi connectivity index (χ1n) is 9.23. The Hall–Kier alpha value is -2.56. The lowest BCUT2D eigenvalue weighted by molar-refractivity contribution is -0.384. The fraction of sp³-hybridized carbons (Fsp3) is 0.0909. The molecular formula is C22H16Br3N3O4. The van der Waals surface area contributed by atoms with Crippen molar-refractivity contribution in [2.75, 3.05) is 0 Å². The number of carbonyl (C=O) groups is 1. The van der Waals surface area contributed by atoms with Crippen LogP contribution >= 0.6 is 47.8 Å². The van der Waals surface area contributed by atoms with Gasteiger partial charge < -0.3 is 4.74 Å². The van der Waals surface area contributed by atoms with Gasteiger partial charge in [0.15, 0.2) is 0 Å². The maximum absolute atomic E-state index is 12.0. The normalized spacial score (nSPS) is 10.8. The van der Waals surface area contributed by atoms with Crippen LogP contribution in [0.5, 0.6) is 5.75 Å². The second-order valence-corrected chi connectivity index (χ2v) is 9.25. The molecule has 0 aromatic heterocycles. The number of benzene rings is 3. The first kappa shape index (κ1) is 24.1. The minimum atomic E-state index is -0.443. The van der Waals surface area contributed by atoms with Crippen molar-refractivity contribution in [1.82, 2.24) is 5.43 Å². The van der Waals surface area contributed by atoms with E-state index in [0.29, 0.717) is 14.7 Å². The maximum atomic E-state index is 12.0. The average Bonchev–Trinajstić information content (AvgIpc) is 2.75. The van der Waals surface area contributed by atoms with Gasteiger partial charge in [0.05, 0.1) is 26.5 Å². The standard InChI is InChI=1S/C22H16Br3N3O4/c23-17-5-1-14(2-6-17)11-21(29)27-26-12-16-9-19(24)22(20(25)10-16)32-13-15-3-7-18(8-4-15)28(30)31/h1-10,12H,11,13H2,(H,27,29)/b26-12-. The van der Waals surface area contributed by atoms with Crippen LogP contribution in [-0.4, -0.2) is 17.0 Å². The van der Waals surface area contributed by atoms with Crippen molar-refractivity contribution < 1.29 is 14.5 Å². The zero-order chi connectivity index (χ0) is 23.1. The molecule has 0 saturated heterocycles. The molecule has 164 valence electrons. The Kier molecular flexibility index (Phi) is 8.54. The number of ether oxygens (including phenoxy) is 1. The third-order valence-electron chi connectivity index (χ3n) is 4.23. The van der Waals surface area contributed by atoms with Gasteiger partial charge in [-0.25, -0.2) is 5.43 Å². The Balaban J connectivity index is 1.57. The Bertz CT molecular complexity index is 1130. The van der Waals surface area contributed by atoms with Gasteiger partial charge in [0.1, 0.15) is 12.4 Å². The fourth-order valence-corrected chi connectivity index (χ4v) is 4.38. The van der Waals surface area contributed by atoms with E-state index in [1.54, 1.807) is 24.3 Å². The van der Waals surface area contributed by atoms with Crippen LogP contribution in [0.4, 0.5) is 5.69 Å². The molecule has 0 aliphatic carbocycles. The van der Waals surface area contributed by atoms with Crippen molar-refractivity contribution >= 4 is 65.6 Å². The van der Waals surface area contributed by atoms with Gasteiger partial charge >= 0.3 is 0 Å². The number of rotatable bonds is 8. The molecule has 0 fully saturated rings. The molecule has 0 aliphatic heterocycles. The molecular weight excluding hydrogens is 610 g/mol. The van der Waals surface area contributed by atoms with E-state index in [2.05, 4.69) is 58.3 Å². The molecule has 0 atom stereocenters. The molecule has 3 aromatic carbocycles. The molecule has 7 nitrogen and oxygen atoms in total. The number of hydrazone groups is 1. The number of nitro groups is 1. The monoisotopic (exact) mass is 623 g/mol. The highest BCUT2D eigenvalue weighted by atomic mass is 79.9. The largest absolute Gasteiger partial charge is 0.487 e. The highest BCUT2D eigenvalue weighted by molar-refractivity contribution is 9.11. The average molecular weight is 626 g/mol. The third kappa shape index (κ3) is 6.98. The van der Waals surface area contributed by atoms with E-state index in [1.165, 1.54) is 18.3 Å². The van der Waals surface area contributed by atoms with Crippen LogP contribution in [0.15, 0.2) is 79.2 Å². The molecule has 1 N–H and O–H groups in total. The summed E-state index contributed by atoms with van der Waals surface area (Å²) in [5.74, 6) is 0.365. The summed E-state index contributed by atoms with van der Waals surface area (Å²) < 4.78 is 8.18. The molecule has 10 heteroatoms.